The lowest BCUT2D eigenvalue weighted by Gasteiger charge is -2.15. The number of hydrogen-bond donors (Lipinski definition) is 4. The number of carboxylic acids is 1. The highest BCUT2D eigenvalue weighted by atomic mass is 32.2. The van der Waals surface area contributed by atoms with Gasteiger partial charge in [-0.05, 0) is 24.1 Å². The molecule has 8 nitrogen and oxygen atoms in total. The van der Waals surface area contributed by atoms with Crippen molar-refractivity contribution in [3.8, 4) is 0 Å². The lowest BCUT2D eigenvalue weighted by molar-refractivity contribution is 0.0411. The Hall–Kier alpha value is -2.62. The molecule has 1 aliphatic heterocycles. The summed E-state index contributed by atoms with van der Waals surface area (Å²) in [4.78, 5) is 20.1. The number of nitrogens with one attached hydrogen (secondary N) is 1. The number of benzene rings is 1. The Balaban J connectivity index is 1.61. The Labute approximate surface area is 165 Å². The van der Waals surface area contributed by atoms with Crippen molar-refractivity contribution in [3.63, 3.8) is 0 Å². The number of thioether (sulfide) groups is 1. The summed E-state index contributed by atoms with van der Waals surface area (Å²) in [5.74, 6) is 0.0910. The van der Waals surface area contributed by atoms with Crippen LogP contribution in [0.1, 0.15) is 32.4 Å². The first-order valence-corrected chi connectivity index (χ1v) is 9.87. The maximum absolute atomic E-state index is 11.3. The number of aliphatic hydroxyl groups excluding tert-OH is 2. The van der Waals surface area contributed by atoms with Gasteiger partial charge in [-0.25, -0.2) is 14.8 Å². The Morgan fingerprint density at radius 1 is 1.36 bits per heavy atom. The zero-order valence-electron chi connectivity index (χ0n) is 15.1. The first kappa shape index (κ1) is 18.7. The van der Waals surface area contributed by atoms with E-state index in [0.717, 1.165) is 11.3 Å². The van der Waals surface area contributed by atoms with E-state index in [-0.39, 0.29) is 10.8 Å². The highest BCUT2D eigenvalue weighted by Crippen LogP contribution is 2.40. The third-order valence-electron chi connectivity index (χ3n) is 5.02. The number of fused-ring (bicyclic) bond motifs is 1. The summed E-state index contributed by atoms with van der Waals surface area (Å²) in [5, 5.41) is 32.3. The number of imidazole rings is 1. The summed E-state index contributed by atoms with van der Waals surface area (Å²) in [6.07, 6.45) is 3.53. The molecule has 1 saturated heterocycles. The van der Waals surface area contributed by atoms with Gasteiger partial charge < -0.3 is 20.6 Å². The van der Waals surface area contributed by atoms with Gasteiger partial charge in [0, 0.05) is 24.7 Å². The van der Waals surface area contributed by atoms with Gasteiger partial charge in [0.05, 0.1) is 34.9 Å². The van der Waals surface area contributed by atoms with E-state index < -0.39 is 18.2 Å². The molecule has 1 aliphatic rings. The molecule has 4 rings (SSSR count). The molecule has 0 bridgehead atoms. The lowest BCUT2D eigenvalue weighted by Crippen LogP contribution is -2.25. The molecule has 1 aromatic carbocycles. The van der Waals surface area contributed by atoms with E-state index in [1.807, 2.05) is 10.5 Å². The van der Waals surface area contributed by atoms with Gasteiger partial charge in [-0.2, -0.15) is 0 Å². The fraction of sp³-hybridized carbons (Fsp3) is 0.316. The first-order chi connectivity index (χ1) is 13.5. The number of carboxylic acid groups (broad SMARTS) is 1. The van der Waals surface area contributed by atoms with Crippen molar-refractivity contribution in [2.75, 3.05) is 11.1 Å². The number of anilines is 1. The maximum Gasteiger partial charge on any atom is 0.335 e. The van der Waals surface area contributed by atoms with Crippen LogP contribution in [0.2, 0.25) is 0 Å². The number of hydrogen-bond acceptors (Lipinski definition) is 7. The minimum atomic E-state index is -0.952. The molecule has 3 atom stereocenters. The van der Waals surface area contributed by atoms with E-state index in [1.54, 1.807) is 37.6 Å². The summed E-state index contributed by atoms with van der Waals surface area (Å²) in [5.41, 5.74) is 3.26. The molecule has 0 spiro atoms. The molecule has 0 aliphatic carbocycles. The quantitative estimate of drug-likeness (QED) is 0.512. The maximum atomic E-state index is 11.3. The number of rotatable bonds is 5. The second kappa shape index (κ2) is 7.42. The summed E-state index contributed by atoms with van der Waals surface area (Å²) in [6, 6.07) is 5.18. The standard InChI is InChI=1S/C19H20N4O4S/c1-10-11(3-2-4-12(10)19(26)27)7-21-17-18-22-8-13(23(18)6-5-20-17)16-15(25)14(24)9-28-16/h2-6,8,14-16,24-25H,7,9H2,1H3,(H,20,21)(H,26,27)/t14-,15-,16+/m1/s1. The average molecular weight is 400 g/mol. The molecule has 0 radical (unpaired) electrons. The Morgan fingerprint density at radius 3 is 2.89 bits per heavy atom. The van der Waals surface area contributed by atoms with Gasteiger partial charge in [0.2, 0.25) is 0 Å². The largest absolute Gasteiger partial charge is 0.478 e. The number of aliphatic hydroxyl groups is 2. The number of carbonyl (C=O) groups is 1. The van der Waals surface area contributed by atoms with Crippen LogP contribution in [0.15, 0.2) is 36.8 Å². The van der Waals surface area contributed by atoms with Crippen molar-refractivity contribution in [1.29, 1.82) is 0 Å². The van der Waals surface area contributed by atoms with Crippen LogP contribution in [0.25, 0.3) is 5.65 Å². The Morgan fingerprint density at radius 2 is 2.18 bits per heavy atom. The van der Waals surface area contributed by atoms with Crippen molar-refractivity contribution in [2.45, 2.75) is 30.9 Å². The predicted molar refractivity (Wildman–Crippen MR) is 106 cm³/mol. The molecular formula is C19H20N4O4S. The van der Waals surface area contributed by atoms with E-state index in [9.17, 15) is 20.1 Å². The summed E-state index contributed by atoms with van der Waals surface area (Å²) < 4.78 is 1.86. The van der Waals surface area contributed by atoms with Gasteiger partial charge in [-0.3, -0.25) is 4.40 Å². The van der Waals surface area contributed by atoms with Crippen molar-refractivity contribution in [1.82, 2.24) is 14.4 Å². The monoisotopic (exact) mass is 400 g/mol. The van der Waals surface area contributed by atoms with Crippen molar-refractivity contribution >= 4 is 29.2 Å². The molecule has 3 aromatic rings. The highest BCUT2D eigenvalue weighted by molar-refractivity contribution is 7.99. The molecule has 2 aromatic heterocycles. The van der Waals surface area contributed by atoms with Crippen molar-refractivity contribution in [3.05, 3.63) is 59.2 Å². The third kappa shape index (κ3) is 3.21. The van der Waals surface area contributed by atoms with Crippen LogP contribution in [0.4, 0.5) is 5.82 Å². The van der Waals surface area contributed by atoms with Crippen molar-refractivity contribution < 1.29 is 20.1 Å². The normalized spacial score (nSPS) is 21.9. The molecule has 9 heteroatoms. The van der Waals surface area contributed by atoms with Gasteiger partial charge in [-0.1, -0.05) is 12.1 Å². The van der Waals surface area contributed by atoms with Crippen LogP contribution in [0, 0.1) is 6.92 Å². The summed E-state index contributed by atoms with van der Waals surface area (Å²) >= 11 is 1.50. The minimum Gasteiger partial charge on any atom is -0.478 e. The lowest BCUT2D eigenvalue weighted by atomic mass is 10.0. The first-order valence-electron chi connectivity index (χ1n) is 8.82. The number of nitrogens with zero attached hydrogens (tertiary/aromatic N) is 3. The van der Waals surface area contributed by atoms with E-state index in [0.29, 0.717) is 29.3 Å². The van der Waals surface area contributed by atoms with Crippen LogP contribution in [0.5, 0.6) is 0 Å². The van der Waals surface area contributed by atoms with Crippen LogP contribution >= 0.6 is 11.8 Å². The van der Waals surface area contributed by atoms with Crippen LogP contribution in [-0.2, 0) is 6.54 Å². The Bertz CT molecular complexity index is 1040. The number of aromatic nitrogens is 3. The molecule has 146 valence electrons. The fourth-order valence-corrected chi connectivity index (χ4v) is 4.75. The van der Waals surface area contributed by atoms with Crippen LogP contribution in [0.3, 0.4) is 0 Å². The van der Waals surface area contributed by atoms with Crippen molar-refractivity contribution in [2.24, 2.45) is 0 Å². The van der Waals surface area contributed by atoms with E-state index in [4.69, 9.17) is 0 Å². The molecule has 4 N–H and O–H groups in total. The van der Waals surface area contributed by atoms with Gasteiger partial charge in [-0.15, -0.1) is 11.8 Å². The fourth-order valence-electron chi connectivity index (χ4n) is 3.42. The van der Waals surface area contributed by atoms with Gasteiger partial charge in [0.1, 0.15) is 0 Å². The number of aromatic carboxylic acids is 1. The second-order valence-electron chi connectivity index (χ2n) is 6.71. The van der Waals surface area contributed by atoms with Gasteiger partial charge in [0.15, 0.2) is 11.5 Å². The topological polar surface area (TPSA) is 120 Å². The van der Waals surface area contributed by atoms with E-state index >= 15 is 0 Å². The molecule has 28 heavy (non-hydrogen) atoms. The van der Waals surface area contributed by atoms with Gasteiger partial charge in [0.25, 0.3) is 0 Å². The predicted octanol–water partition coefficient (Wildman–Crippen LogP) is 1.86. The van der Waals surface area contributed by atoms with Crippen LogP contribution in [-0.4, -0.2) is 53.6 Å². The molecule has 0 unspecified atom stereocenters. The Kier molecular flexibility index (Phi) is 4.96. The minimum absolute atomic E-state index is 0.255. The van der Waals surface area contributed by atoms with E-state index in [2.05, 4.69) is 15.3 Å². The van der Waals surface area contributed by atoms with Crippen LogP contribution < -0.4 is 5.32 Å². The molecule has 1 fully saturated rings. The molecular weight excluding hydrogens is 380 g/mol. The summed E-state index contributed by atoms with van der Waals surface area (Å²) in [6.45, 7) is 2.19. The molecule has 0 amide bonds. The average Bonchev–Trinajstić information content (AvgIpc) is 3.24. The zero-order valence-corrected chi connectivity index (χ0v) is 15.9. The molecule has 3 heterocycles. The second-order valence-corrected chi connectivity index (χ2v) is 7.89. The SMILES string of the molecule is Cc1c(CNc2nccn3c([C@@H]4SC[C@@H](O)[C@H]4O)cnc23)cccc1C(=O)O. The van der Waals surface area contributed by atoms with E-state index in [1.165, 1.54) is 11.8 Å². The third-order valence-corrected chi connectivity index (χ3v) is 6.44. The summed E-state index contributed by atoms with van der Waals surface area (Å²) in [7, 11) is 0. The smallest absolute Gasteiger partial charge is 0.335 e. The molecule has 0 saturated carbocycles. The zero-order chi connectivity index (χ0) is 19.8. The van der Waals surface area contributed by atoms with Gasteiger partial charge >= 0.3 is 5.97 Å². The highest BCUT2D eigenvalue weighted by Gasteiger charge is 2.37.